The summed E-state index contributed by atoms with van der Waals surface area (Å²) in [6.45, 7) is 2.91. The summed E-state index contributed by atoms with van der Waals surface area (Å²) < 4.78 is 9.42. The van der Waals surface area contributed by atoms with Gasteiger partial charge < -0.3 is 9.47 Å². The van der Waals surface area contributed by atoms with Crippen LogP contribution in [0.15, 0.2) is 12.0 Å². The molecule has 0 amide bonds. The zero-order chi connectivity index (χ0) is 8.43. The monoisotopic (exact) mass is 156 g/mol. The van der Waals surface area contributed by atoms with E-state index < -0.39 is 12.1 Å². The predicted octanol–water partition coefficient (Wildman–Crippen LogP) is 0.379. The summed E-state index contributed by atoms with van der Waals surface area (Å²) in [6.07, 6.45) is 0.544. The molecular weight excluding hydrogens is 148 g/mol. The minimum absolute atomic E-state index is 0.00463. The first kappa shape index (κ1) is 7.78. The summed E-state index contributed by atoms with van der Waals surface area (Å²) >= 11 is 0. The van der Waals surface area contributed by atoms with Crippen molar-refractivity contribution in [3.63, 3.8) is 0 Å². The molecule has 1 unspecified atom stereocenters. The van der Waals surface area contributed by atoms with E-state index >= 15 is 0 Å². The minimum Gasteiger partial charge on any atom is -0.450 e. The third kappa shape index (κ3) is 1.80. The first-order valence-electron chi connectivity index (χ1n) is 3.20. The van der Waals surface area contributed by atoms with Gasteiger partial charge in [0.2, 0.25) is 0 Å². The molecule has 0 aromatic rings. The Morgan fingerprint density at radius 3 is 2.64 bits per heavy atom. The number of rotatable bonds is 1. The summed E-state index contributed by atoms with van der Waals surface area (Å²) in [4.78, 5) is 21.1. The van der Waals surface area contributed by atoms with Gasteiger partial charge >= 0.3 is 5.97 Å². The molecule has 1 saturated heterocycles. The zero-order valence-electron chi connectivity index (χ0n) is 6.29. The van der Waals surface area contributed by atoms with E-state index in [1.807, 2.05) is 0 Å². The van der Waals surface area contributed by atoms with Crippen LogP contribution in [0, 0.1) is 0 Å². The first-order chi connectivity index (χ1) is 5.09. The number of hydrogen-bond donors (Lipinski definition) is 0. The lowest BCUT2D eigenvalue weighted by molar-refractivity contribution is -0.137. The third-order valence-corrected chi connectivity index (χ3v) is 1.15. The van der Waals surface area contributed by atoms with E-state index in [0.29, 0.717) is 0 Å². The van der Waals surface area contributed by atoms with Crippen LogP contribution in [0.2, 0.25) is 0 Å². The largest absolute Gasteiger partial charge is 0.450 e. The van der Waals surface area contributed by atoms with Crippen LogP contribution in [0.4, 0.5) is 0 Å². The molecule has 0 aromatic carbocycles. The van der Waals surface area contributed by atoms with E-state index in [4.69, 9.17) is 4.74 Å². The molecule has 4 heteroatoms. The molecule has 0 saturated carbocycles. The zero-order valence-corrected chi connectivity index (χ0v) is 6.29. The molecule has 1 fully saturated rings. The normalized spacial score (nSPS) is 26.5. The Hall–Kier alpha value is -1.32. The van der Waals surface area contributed by atoms with Gasteiger partial charge in [-0.25, -0.2) is 4.79 Å². The highest BCUT2D eigenvalue weighted by Gasteiger charge is 2.27. The van der Waals surface area contributed by atoms with Crippen LogP contribution in [-0.4, -0.2) is 17.9 Å². The highest BCUT2D eigenvalue weighted by atomic mass is 16.7. The topological polar surface area (TPSA) is 52.6 Å². The Kier molecular flexibility index (Phi) is 1.94. The van der Waals surface area contributed by atoms with Crippen molar-refractivity contribution < 1.29 is 19.1 Å². The van der Waals surface area contributed by atoms with E-state index in [-0.39, 0.29) is 11.7 Å². The molecule has 4 nitrogen and oxygen atoms in total. The quantitative estimate of drug-likeness (QED) is 0.406. The van der Waals surface area contributed by atoms with Crippen LogP contribution in [0.1, 0.15) is 13.8 Å². The highest BCUT2D eigenvalue weighted by Crippen LogP contribution is 2.15. The molecular formula is C7H8O4. The number of hydrogen-bond acceptors (Lipinski definition) is 4. The second-order valence-electron chi connectivity index (χ2n) is 2.26. The van der Waals surface area contributed by atoms with Gasteiger partial charge in [0.15, 0.2) is 11.9 Å². The van der Waals surface area contributed by atoms with Gasteiger partial charge in [0, 0.05) is 0 Å². The van der Waals surface area contributed by atoms with E-state index in [1.54, 1.807) is 6.92 Å². The van der Waals surface area contributed by atoms with Gasteiger partial charge in [-0.3, -0.25) is 4.79 Å². The van der Waals surface area contributed by atoms with E-state index in [9.17, 15) is 9.59 Å². The Morgan fingerprint density at radius 1 is 1.64 bits per heavy atom. The molecule has 0 aromatic heterocycles. The Morgan fingerprint density at radius 2 is 2.27 bits per heavy atom. The maximum Gasteiger partial charge on any atom is 0.354 e. The molecule has 1 rings (SSSR count). The average molecular weight is 156 g/mol. The Bertz CT molecular complexity index is 229. The van der Waals surface area contributed by atoms with Crippen molar-refractivity contribution in [1.82, 2.24) is 0 Å². The van der Waals surface area contributed by atoms with Crippen LogP contribution < -0.4 is 0 Å². The first-order valence-corrected chi connectivity index (χ1v) is 3.20. The van der Waals surface area contributed by atoms with Gasteiger partial charge in [-0.1, -0.05) is 0 Å². The molecule has 0 N–H and O–H groups in total. The molecule has 0 spiro atoms. The lowest BCUT2D eigenvalue weighted by Gasteiger charge is -1.94. The SMILES string of the molecule is CC(=O)/C=C1/OC(=O)C(C)O1. The summed E-state index contributed by atoms with van der Waals surface area (Å²) in [6, 6.07) is 0. The molecule has 11 heavy (non-hydrogen) atoms. The van der Waals surface area contributed by atoms with Crippen molar-refractivity contribution in [3.8, 4) is 0 Å². The summed E-state index contributed by atoms with van der Waals surface area (Å²) in [5, 5.41) is 0. The van der Waals surface area contributed by atoms with Gasteiger partial charge in [0.25, 0.3) is 5.95 Å². The van der Waals surface area contributed by atoms with Crippen LogP contribution in [0.25, 0.3) is 0 Å². The number of ether oxygens (including phenoxy) is 2. The molecule has 1 aliphatic heterocycles. The molecule has 60 valence electrons. The molecule has 1 aliphatic rings. The fourth-order valence-corrected chi connectivity index (χ4v) is 0.658. The molecule has 1 atom stereocenters. The van der Waals surface area contributed by atoms with Crippen molar-refractivity contribution in [2.24, 2.45) is 0 Å². The number of carbonyl (C=O) groups is 2. The smallest absolute Gasteiger partial charge is 0.354 e. The van der Waals surface area contributed by atoms with Gasteiger partial charge in [-0.15, -0.1) is 0 Å². The van der Waals surface area contributed by atoms with Crippen molar-refractivity contribution >= 4 is 11.8 Å². The number of esters is 1. The Balaban J connectivity index is 2.67. The van der Waals surface area contributed by atoms with Gasteiger partial charge in [0.05, 0.1) is 6.08 Å². The number of carbonyl (C=O) groups excluding carboxylic acids is 2. The van der Waals surface area contributed by atoms with Gasteiger partial charge in [0.1, 0.15) is 0 Å². The molecule has 0 bridgehead atoms. The van der Waals surface area contributed by atoms with E-state index in [1.165, 1.54) is 6.92 Å². The van der Waals surface area contributed by atoms with Gasteiger partial charge in [-0.2, -0.15) is 0 Å². The van der Waals surface area contributed by atoms with Crippen molar-refractivity contribution in [1.29, 1.82) is 0 Å². The molecule has 0 aliphatic carbocycles. The lowest BCUT2D eigenvalue weighted by atomic mass is 10.4. The van der Waals surface area contributed by atoms with Crippen molar-refractivity contribution in [2.75, 3.05) is 0 Å². The lowest BCUT2D eigenvalue weighted by Crippen LogP contribution is -2.09. The predicted molar refractivity (Wildman–Crippen MR) is 35.4 cm³/mol. The van der Waals surface area contributed by atoms with Crippen molar-refractivity contribution in [3.05, 3.63) is 12.0 Å². The fourth-order valence-electron chi connectivity index (χ4n) is 0.658. The summed E-state index contributed by atoms with van der Waals surface area (Å²) in [5.74, 6) is -0.672. The van der Waals surface area contributed by atoms with E-state index in [2.05, 4.69) is 4.74 Å². The second-order valence-corrected chi connectivity index (χ2v) is 2.26. The third-order valence-electron chi connectivity index (χ3n) is 1.15. The standard InChI is InChI=1S/C7H8O4/c1-4(8)3-6-10-5(2)7(9)11-6/h3,5H,1-2H3/b6-3+. The summed E-state index contributed by atoms with van der Waals surface area (Å²) in [7, 11) is 0. The van der Waals surface area contributed by atoms with Crippen molar-refractivity contribution in [2.45, 2.75) is 20.0 Å². The number of cyclic esters (lactones) is 1. The highest BCUT2D eigenvalue weighted by molar-refractivity contribution is 5.88. The average Bonchev–Trinajstić information content (AvgIpc) is 2.10. The molecule has 0 radical (unpaired) electrons. The summed E-state index contributed by atoms with van der Waals surface area (Å²) in [5.41, 5.74) is 0. The maximum atomic E-state index is 10.7. The maximum absolute atomic E-state index is 10.7. The number of ketones is 1. The number of allylic oxidation sites excluding steroid dienone is 1. The van der Waals surface area contributed by atoms with Crippen LogP contribution in [0.5, 0.6) is 0 Å². The minimum atomic E-state index is -0.597. The van der Waals surface area contributed by atoms with Gasteiger partial charge in [-0.05, 0) is 13.8 Å². The van der Waals surface area contributed by atoms with E-state index in [0.717, 1.165) is 6.08 Å². The molecule has 1 heterocycles. The Labute approximate surface area is 63.8 Å². The van der Waals surface area contributed by atoms with Crippen LogP contribution in [0.3, 0.4) is 0 Å². The second kappa shape index (κ2) is 2.74. The van der Waals surface area contributed by atoms with Crippen LogP contribution >= 0.6 is 0 Å². The van der Waals surface area contributed by atoms with Crippen LogP contribution in [-0.2, 0) is 19.1 Å². The fraction of sp³-hybridized carbons (Fsp3) is 0.429.